The summed E-state index contributed by atoms with van der Waals surface area (Å²) in [6, 6.07) is -0.123. The number of carbonyl (C=O) groups is 2. The molecule has 1 aliphatic heterocycles. The van der Waals surface area contributed by atoms with Gasteiger partial charge in [0.05, 0.1) is 19.3 Å². The Kier molecular flexibility index (Phi) is 13.7. The molecule has 0 bridgehead atoms. The van der Waals surface area contributed by atoms with Crippen LogP contribution in [0.15, 0.2) is 0 Å². The van der Waals surface area contributed by atoms with Gasteiger partial charge < -0.3 is 41.1 Å². The highest BCUT2D eigenvalue weighted by Gasteiger charge is 2.65. The molecule has 0 aromatic heterocycles. The largest absolute Gasteiger partial charge is 0.467 e. The zero-order valence-electron chi connectivity index (χ0n) is 32.4. The van der Waals surface area contributed by atoms with E-state index in [4.69, 9.17) is 10.5 Å². The lowest BCUT2D eigenvalue weighted by Gasteiger charge is -2.63. The zero-order chi connectivity index (χ0) is 36.2. The van der Waals surface area contributed by atoms with Crippen molar-refractivity contribution < 1.29 is 24.5 Å². The lowest BCUT2D eigenvalue weighted by molar-refractivity contribution is -0.202. The maximum Gasteiger partial charge on any atom is 0.328 e. The van der Waals surface area contributed by atoms with Crippen molar-refractivity contribution in [2.24, 2.45) is 58.0 Å². The predicted molar refractivity (Wildman–Crippen MR) is 198 cm³/mol. The standard InChI is InChI=1S/C40H73N5O5/c1-26(2)37(38(49)50-6)43-35(48)12-9-27(3)30-10-11-31-36-32(25-34(47)40(30,31)5)39(4)14-13-29(23-28(39)24-33(36)46)42-16-8-18-45-21-19-44(20-22-45)17-7-15-41/h26-34,36-37,42,46-47H,7-25,41H2,1-6H3,(H,43,48)/t27-,28+,29+,30-,31+,32+,33-,34+,36+,37+,39+,40-/m1/s1. The van der Waals surface area contributed by atoms with Crippen molar-refractivity contribution in [3.8, 4) is 0 Å². The van der Waals surface area contributed by atoms with Gasteiger partial charge in [-0.1, -0.05) is 34.6 Å². The molecular weight excluding hydrogens is 630 g/mol. The summed E-state index contributed by atoms with van der Waals surface area (Å²) in [5.41, 5.74) is 5.59. The number of esters is 1. The molecule has 4 saturated carbocycles. The van der Waals surface area contributed by atoms with Gasteiger partial charge in [0.2, 0.25) is 5.91 Å². The van der Waals surface area contributed by atoms with Crippen LogP contribution in [0, 0.1) is 52.3 Å². The maximum atomic E-state index is 12.9. The number of nitrogens with one attached hydrogen (secondary N) is 2. The van der Waals surface area contributed by atoms with Crippen molar-refractivity contribution in [1.29, 1.82) is 0 Å². The number of aliphatic hydroxyl groups excluding tert-OH is 2. The topological polar surface area (TPSA) is 140 Å². The molecule has 5 rings (SSSR count). The van der Waals surface area contributed by atoms with Gasteiger partial charge in [-0.2, -0.15) is 0 Å². The van der Waals surface area contributed by atoms with Crippen LogP contribution in [0.1, 0.15) is 105 Å². The molecule has 12 atom stereocenters. The molecule has 0 unspecified atom stereocenters. The molecule has 6 N–H and O–H groups in total. The summed E-state index contributed by atoms with van der Waals surface area (Å²) in [7, 11) is 1.35. The molecule has 10 heteroatoms. The summed E-state index contributed by atoms with van der Waals surface area (Å²) in [6.07, 6.45) is 9.83. The normalized spacial score (nSPS) is 38.9. The van der Waals surface area contributed by atoms with Gasteiger partial charge in [0.1, 0.15) is 6.04 Å². The van der Waals surface area contributed by atoms with E-state index in [1.54, 1.807) is 0 Å². The van der Waals surface area contributed by atoms with E-state index in [2.05, 4.69) is 41.2 Å². The van der Waals surface area contributed by atoms with E-state index in [1.807, 2.05) is 13.8 Å². The molecule has 5 aliphatic rings. The fraction of sp³-hybridized carbons (Fsp3) is 0.950. The number of ether oxygens (including phenoxy) is 1. The fourth-order valence-corrected chi connectivity index (χ4v) is 11.9. The Morgan fingerprint density at radius 3 is 2.26 bits per heavy atom. The summed E-state index contributed by atoms with van der Waals surface area (Å²) in [6.45, 7) is 19.6. The Morgan fingerprint density at radius 1 is 0.940 bits per heavy atom. The summed E-state index contributed by atoms with van der Waals surface area (Å²) >= 11 is 0. The second-order valence-electron chi connectivity index (χ2n) is 18.0. The second kappa shape index (κ2) is 17.2. The highest BCUT2D eigenvalue weighted by atomic mass is 16.5. The van der Waals surface area contributed by atoms with Gasteiger partial charge in [0.25, 0.3) is 0 Å². The summed E-state index contributed by atoms with van der Waals surface area (Å²) in [5.74, 6) is 1.35. The van der Waals surface area contributed by atoms with Crippen LogP contribution in [-0.2, 0) is 14.3 Å². The van der Waals surface area contributed by atoms with Gasteiger partial charge in [-0.25, -0.2) is 4.79 Å². The number of aliphatic hydroxyl groups is 2. The van der Waals surface area contributed by atoms with Crippen LogP contribution in [0.25, 0.3) is 0 Å². The zero-order valence-corrected chi connectivity index (χ0v) is 32.4. The SMILES string of the molecule is COC(=O)[C@@H](NC(=O)CC[C@@H](C)[C@H]1CC[C@H]2[C@@H]3[C@H](O)C[C@@H]4C[C@@H](NCCCN5CCN(CCCN)CC5)CC[C@]4(C)[C@H]3C[C@H](O)[C@]12C)C(C)C. The van der Waals surface area contributed by atoms with Crippen molar-refractivity contribution in [3.63, 3.8) is 0 Å². The average Bonchev–Trinajstić information content (AvgIpc) is 3.46. The quantitative estimate of drug-likeness (QED) is 0.128. The van der Waals surface area contributed by atoms with Crippen molar-refractivity contribution in [2.45, 2.75) is 130 Å². The molecule has 50 heavy (non-hydrogen) atoms. The van der Waals surface area contributed by atoms with E-state index in [1.165, 1.54) is 26.4 Å². The first kappa shape index (κ1) is 39.9. The summed E-state index contributed by atoms with van der Waals surface area (Å²) in [5, 5.41) is 30.8. The highest BCUT2D eigenvalue weighted by molar-refractivity contribution is 5.84. The van der Waals surface area contributed by atoms with Gasteiger partial charge in [-0.05, 0) is 143 Å². The number of hydrogen-bond donors (Lipinski definition) is 5. The molecule has 0 aromatic rings. The summed E-state index contributed by atoms with van der Waals surface area (Å²) in [4.78, 5) is 30.2. The molecule has 1 saturated heterocycles. The third-order valence-corrected chi connectivity index (χ3v) is 15.0. The predicted octanol–water partition coefficient (Wildman–Crippen LogP) is 3.63. The van der Waals surface area contributed by atoms with E-state index in [9.17, 15) is 19.8 Å². The van der Waals surface area contributed by atoms with Crippen molar-refractivity contribution in [1.82, 2.24) is 20.4 Å². The number of methoxy groups -OCH3 is 1. The third-order valence-electron chi connectivity index (χ3n) is 15.0. The van der Waals surface area contributed by atoms with Gasteiger partial charge in [-0.15, -0.1) is 0 Å². The minimum atomic E-state index is -0.638. The van der Waals surface area contributed by atoms with Crippen LogP contribution in [0.5, 0.6) is 0 Å². The molecule has 4 aliphatic carbocycles. The van der Waals surface area contributed by atoms with Crippen LogP contribution in [0.2, 0.25) is 0 Å². The lowest BCUT2D eigenvalue weighted by atomic mass is 9.43. The van der Waals surface area contributed by atoms with Crippen LogP contribution in [-0.4, -0.2) is 116 Å². The molecule has 1 amide bonds. The molecule has 5 fully saturated rings. The second-order valence-corrected chi connectivity index (χ2v) is 18.0. The number of nitrogens with two attached hydrogens (primary N) is 1. The minimum Gasteiger partial charge on any atom is -0.467 e. The molecule has 1 heterocycles. The van der Waals surface area contributed by atoms with Crippen molar-refractivity contribution in [2.75, 3.05) is 59.5 Å². The van der Waals surface area contributed by atoms with Crippen LogP contribution in [0.4, 0.5) is 0 Å². The molecule has 0 aromatic carbocycles. The number of hydrogen-bond acceptors (Lipinski definition) is 9. The Bertz CT molecular complexity index is 1120. The fourth-order valence-electron chi connectivity index (χ4n) is 11.9. The van der Waals surface area contributed by atoms with Gasteiger partial charge >= 0.3 is 5.97 Å². The molecular formula is C40H73N5O5. The van der Waals surface area contributed by atoms with E-state index in [-0.39, 0.29) is 40.6 Å². The Morgan fingerprint density at radius 2 is 1.62 bits per heavy atom. The monoisotopic (exact) mass is 704 g/mol. The van der Waals surface area contributed by atoms with Crippen molar-refractivity contribution in [3.05, 3.63) is 0 Å². The number of fused-ring (bicyclic) bond motifs is 5. The van der Waals surface area contributed by atoms with Crippen molar-refractivity contribution >= 4 is 11.9 Å². The van der Waals surface area contributed by atoms with E-state index in [0.29, 0.717) is 42.6 Å². The summed E-state index contributed by atoms with van der Waals surface area (Å²) < 4.78 is 4.90. The van der Waals surface area contributed by atoms with Gasteiger partial charge in [0.15, 0.2) is 0 Å². The Hall–Kier alpha value is -1.30. The molecule has 10 nitrogen and oxygen atoms in total. The Balaban J connectivity index is 1.12. The van der Waals surface area contributed by atoms with Crippen LogP contribution >= 0.6 is 0 Å². The van der Waals surface area contributed by atoms with Crippen LogP contribution in [0.3, 0.4) is 0 Å². The first-order chi connectivity index (χ1) is 23.8. The number of nitrogens with zero attached hydrogens (tertiary/aromatic N) is 2. The third kappa shape index (κ3) is 8.41. The lowest BCUT2D eigenvalue weighted by Crippen LogP contribution is -2.62. The average molecular weight is 704 g/mol. The number of amides is 1. The van der Waals surface area contributed by atoms with Gasteiger partial charge in [0, 0.05) is 38.6 Å². The first-order valence-corrected chi connectivity index (χ1v) is 20.4. The van der Waals surface area contributed by atoms with E-state index in [0.717, 1.165) is 90.9 Å². The highest BCUT2D eigenvalue weighted by Crippen LogP contribution is 2.68. The maximum absolute atomic E-state index is 12.9. The Labute approximate surface area is 303 Å². The van der Waals surface area contributed by atoms with E-state index >= 15 is 0 Å². The molecule has 0 radical (unpaired) electrons. The number of piperazine rings is 1. The smallest absolute Gasteiger partial charge is 0.328 e. The minimum absolute atomic E-state index is 0.0488. The number of rotatable bonds is 15. The molecule has 0 spiro atoms. The van der Waals surface area contributed by atoms with E-state index < -0.39 is 18.1 Å². The molecule has 288 valence electrons. The first-order valence-electron chi connectivity index (χ1n) is 20.4. The number of carbonyl (C=O) groups excluding carboxylic acids is 2. The van der Waals surface area contributed by atoms with Crippen LogP contribution < -0.4 is 16.4 Å². The van der Waals surface area contributed by atoms with Gasteiger partial charge in [-0.3, -0.25) is 4.79 Å².